The Bertz CT molecular complexity index is 209. The molecule has 0 radical (unpaired) electrons. The van der Waals surface area contributed by atoms with Crippen LogP contribution >= 0.6 is 0 Å². The van der Waals surface area contributed by atoms with Gasteiger partial charge in [0.1, 0.15) is 5.83 Å². The van der Waals surface area contributed by atoms with Crippen LogP contribution in [0.5, 0.6) is 0 Å². The van der Waals surface area contributed by atoms with Gasteiger partial charge in [0, 0.05) is 25.8 Å². The van der Waals surface area contributed by atoms with Crippen LogP contribution in [0.25, 0.3) is 0 Å². The average Bonchev–Trinajstić information content (AvgIpc) is 2.10. The number of likely N-dealkylation sites (N-methyl/N-ethyl adjacent to an activating group) is 2. The van der Waals surface area contributed by atoms with Crippen LogP contribution in [0.1, 0.15) is 0 Å². The van der Waals surface area contributed by atoms with Crippen molar-refractivity contribution in [3.8, 4) is 0 Å². The fraction of sp³-hybridized carbons (Fsp3) is 0.400. The van der Waals surface area contributed by atoms with Gasteiger partial charge >= 0.3 is 0 Å². The lowest BCUT2D eigenvalue weighted by Crippen LogP contribution is -2.25. The number of halogens is 1. The van der Waals surface area contributed by atoms with E-state index in [1.54, 1.807) is 6.08 Å². The van der Waals surface area contributed by atoms with E-state index in [1.165, 1.54) is 6.08 Å². The Balaban J connectivity index is 3.89. The molecule has 0 fully saturated rings. The summed E-state index contributed by atoms with van der Waals surface area (Å²) in [5, 5.41) is 3.02. The van der Waals surface area contributed by atoms with Gasteiger partial charge in [0.05, 0.1) is 0 Å². The number of nitrogens with zero attached hydrogens (tertiary/aromatic N) is 1. The Morgan fingerprint density at radius 1 is 1.46 bits per heavy atom. The number of allylic oxidation sites excluding steroid dienone is 3. The first kappa shape index (κ1) is 11.9. The number of hydrogen-bond donors (Lipinski definition) is 1. The van der Waals surface area contributed by atoms with E-state index in [2.05, 4.69) is 18.5 Å². The first-order valence-electron chi connectivity index (χ1n) is 4.15. The zero-order valence-electron chi connectivity index (χ0n) is 8.31. The largest absolute Gasteiger partial charge is 0.374 e. The Kier molecular flexibility index (Phi) is 5.89. The lowest BCUT2D eigenvalue weighted by atomic mass is 10.3. The molecule has 2 nitrogen and oxygen atoms in total. The van der Waals surface area contributed by atoms with Gasteiger partial charge in [-0.1, -0.05) is 13.2 Å². The minimum Gasteiger partial charge on any atom is -0.374 e. The average molecular weight is 184 g/mol. The molecule has 0 rings (SSSR count). The Hall–Kier alpha value is -1.09. The molecule has 0 saturated heterocycles. The second-order valence-electron chi connectivity index (χ2n) is 2.80. The lowest BCUT2D eigenvalue weighted by Gasteiger charge is -2.18. The van der Waals surface area contributed by atoms with Crippen molar-refractivity contribution in [2.24, 2.45) is 0 Å². The molecule has 74 valence electrons. The van der Waals surface area contributed by atoms with Gasteiger partial charge in [-0.3, -0.25) is 0 Å². The van der Waals surface area contributed by atoms with Gasteiger partial charge in [-0.15, -0.1) is 0 Å². The molecule has 0 aromatic carbocycles. The van der Waals surface area contributed by atoms with Crippen molar-refractivity contribution in [3.05, 3.63) is 36.8 Å². The molecule has 0 aromatic rings. The van der Waals surface area contributed by atoms with Crippen molar-refractivity contribution >= 4 is 0 Å². The maximum Gasteiger partial charge on any atom is 0.116 e. The summed E-state index contributed by atoms with van der Waals surface area (Å²) in [5.74, 6) is -0.455. The molecule has 0 bridgehead atoms. The molecule has 0 heterocycles. The molecule has 0 aliphatic carbocycles. The van der Waals surface area contributed by atoms with E-state index in [4.69, 9.17) is 0 Å². The standard InChI is InChI=1S/C10H17FN2/c1-9(11)5-6-10(2)13(4)8-7-12-3/h5-6,12H,1-2,7-8H2,3-4H3/b6-5-. The van der Waals surface area contributed by atoms with Crippen LogP contribution in [0.4, 0.5) is 4.39 Å². The molecule has 0 saturated carbocycles. The molecule has 0 aliphatic heterocycles. The zero-order valence-corrected chi connectivity index (χ0v) is 8.31. The zero-order chi connectivity index (χ0) is 10.3. The third-order valence-electron chi connectivity index (χ3n) is 1.64. The Morgan fingerprint density at radius 3 is 2.54 bits per heavy atom. The summed E-state index contributed by atoms with van der Waals surface area (Å²) in [6.07, 6.45) is 2.91. The first-order valence-corrected chi connectivity index (χ1v) is 4.15. The lowest BCUT2D eigenvalue weighted by molar-refractivity contribution is 0.429. The van der Waals surface area contributed by atoms with E-state index in [0.29, 0.717) is 0 Å². The van der Waals surface area contributed by atoms with E-state index < -0.39 is 5.83 Å². The van der Waals surface area contributed by atoms with Gasteiger partial charge in [-0.25, -0.2) is 4.39 Å². The van der Waals surface area contributed by atoms with Crippen LogP contribution < -0.4 is 5.32 Å². The molecule has 0 aromatic heterocycles. The molecule has 13 heavy (non-hydrogen) atoms. The molecular formula is C10H17FN2. The minimum atomic E-state index is -0.455. The van der Waals surface area contributed by atoms with Gasteiger partial charge < -0.3 is 10.2 Å². The van der Waals surface area contributed by atoms with Gasteiger partial charge in [0.2, 0.25) is 0 Å². The van der Waals surface area contributed by atoms with Crippen LogP contribution in [0.3, 0.4) is 0 Å². The van der Waals surface area contributed by atoms with E-state index >= 15 is 0 Å². The summed E-state index contributed by atoms with van der Waals surface area (Å²) < 4.78 is 12.2. The van der Waals surface area contributed by atoms with E-state index in [-0.39, 0.29) is 0 Å². The van der Waals surface area contributed by atoms with Crippen LogP contribution in [-0.2, 0) is 0 Å². The maximum absolute atomic E-state index is 12.2. The van der Waals surface area contributed by atoms with Gasteiger partial charge in [-0.05, 0) is 19.2 Å². The molecule has 0 atom stereocenters. The highest BCUT2D eigenvalue weighted by molar-refractivity contribution is 5.19. The highest BCUT2D eigenvalue weighted by Crippen LogP contribution is 2.02. The number of nitrogens with one attached hydrogen (secondary N) is 1. The normalized spacial score (nSPS) is 10.4. The second kappa shape index (κ2) is 6.43. The predicted molar refractivity (Wildman–Crippen MR) is 55.1 cm³/mol. The molecule has 3 heteroatoms. The summed E-state index contributed by atoms with van der Waals surface area (Å²) in [4.78, 5) is 1.94. The van der Waals surface area contributed by atoms with Crippen molar-refractivity contribution in [1.29, 1.82) is 0 Å². The van der Waals surface area contributed by atoms with E-state index in [9.17, 15) is 4.39 Å². The highest BCUT2D eigenvalue weighted by atomic mass is 19.1. The van der Waals surface area contributed by atoms with Crippen molar-refractivity contribution in [3.63, 3.8) is 0 Å². The number of rotatable bonds is 6. The molecular weight excluding hydrogens is 167 g/mol. The Morgan fingerprint density at radius 2 is 2.08 bits per heavy atom. The summed E-state index contributed by atoms with van der Waals surface area (Å²) >= 11 is 0. The summed E-state index contributed by atoms with van der Waals surface area (Å²) in [7, 11) is 3.79. The van der Waals surface area contributed by atoms with Gasteiger partial charge in [0.15, 0.2) is 0 Å². The quantitative estimate of drug-likeness (QED) is 0.632. The fourth-order valence-electron chi connectivity index (χ4n) is 0.737. The monoisotopic (exact) mass is 184 g/mol. The van der Waals surface area contributed by atoms with Crippen LogP contribution in [0, 0.1) is 0 Å². The molecule has 0 aliphatic rings. The van der Waals surface area contributed by atoms with Crippen LogP contribution in [0.15, 0.2) is 36.8 Å². The minimum absolute atomic E-state index is 0.455. The van der Waals surface area contributed by atoms with Crippen molar-refractivity contribution in [1.82, 2.24) is 10.2 Å². The van der Waals surface area contributed by atoms with E-state index in [1.807, 2.05) is 19.0 Å². The maximum atomic E-state index is 12.2. The van der Waals surface area contributed by atoms with Crippen LogP contribution in [-0.4, -0.2) is 32.1 Å². The molecule has 0 unspecified atom stereocenters. The fourth-order valence-corrected chi connectivity index (χ4v) is 0.737. The second-order valence-corrected chi connectivity index (χ2v) is 2.80. The highest BCUT2D eigenvalue weighted by Gasteiger charge is 1.96. The van der Waals surface area contributed by atoms with Crippen LogP contribution in [0.2, 0.25) is 0 Å². The molecule has 1 N–H and O–H groups in total. The van der Waals surface area contributed by atoms with Gasteiger partial charge in [-0.2, -0.15) is 0 Å². The van der Waals surface area contributed by atoms with Crippen molar-refractivity contribution in [2.45, 2.75) is 0 Å². The topological polar surface area (TPSA) is 15.3 Å². The summed E-state index contributed by atoms with van der Waals surface area (Å²) in [5.41, 5.74) is 0.772. The Labute approximate surface area is 79.4 Å². The summed E-state index contributed by atoms with van der Waals surface area (Å²) in [6.45, 7) is 8.63. The summed E-state index contributed by atoms with van der Waals surface area (Å²) in [6, 6.07) is 0. The first-order chi connectivity index (χ1) is 6.07. The van der Waals surface area contributed by atoms with Crippen molar-refractivity contribution < 1.29 is 4.39 Å². The smallest absolute Gasteiger partial charge is 0.116 e. The number of hydrogen-bond acceptors (Lipinski definition) is 2. The predicted octanol–water partition coefficient (Wildman–Crippen LogP) is 1.69. The SMILES string of the molecule is C=C(F)/C=C\C(=C)N(C)CCNC. The van der Waals surface area contributed by atoms with E-state index in [0.717, 1.165) is 18.8 Å². The van der Waals surface area contributed by atoms with Gasteiger partial charge in [0.25, 0.3) is 0 Å². The molecule has 0 amide bonds. The van der Waals surface area contributed by atoms with Crippen molar-refractivity contribution in [2.75, 3.05) is 27.2 Å². The third-order valence-corrected chi connectivity index (χ3v) is 1.64. The third kappa shape index (κ3) is 6.11. The molecule has 0 spiro atoms.